The van der Waals surface area contributed by atoms with Crippen molar-refractivity contribution in [3.8, 4) is 0 Å². The lowest BCUT2D eigenvalue weighted by molar-refractivity contribution is 0.256. The van der Waals surface area contributed by atoms with E-state index in [1.165, 1.54) is 18.2 Å². The average molecular weight is 352 g/mol. The average Bonchev–Trinajstić information content (AvgIpc) is 2.50. The Kier molecular flexibility index (Phi) is 4.00. The summed E-state index contributed by atoms with van der Waals surface area (Å²) in [5.74, 6) is -1.97. The molecule has 2 N–H and O–H groups in total. The number of rotatable bonds is 3. The van der Waals surface area contributed by atoms with Gasteiger partial charge in [-0.15, -0.1) is 0 Å². The lowest BCUT2D eigenvalue weighted by Crippen LogP contribution is -2.40. The first-order valence-corrected chi connectivity index (χ1v) is 8.74. The number of hydrogen-bond acceptors (Lipinski definition) is 3. The number of anilines is 1. The van der Waals surface area contributed by atoms with E-state index < -0.39 is 33.6 Å². The predicted octanol–water partition coefficient (Wildman–Crippen LogP) is 3.33. The minimum absolute atomic E-state index is 0.0430. The zero-order valence-corrected chi connectivity index (χ0v) is 13.5. The third-order valence-corrected chi connectivity index (χ3v) is 5.32. The van der Waals surface area contributed by atoms with Gasteiger partial charge in [-0.1, -0.05) is 25.1 Å². The smallest absolute Gasteiger partial charge is 0.305 e. The molecule has 0 spiro atoms. The number of fused-ring (bicyclic) bond motifs is 1. The van der Waals surface area contributed by atoms with E-state index in [0.29, 0.717) is 6.42 Å². The highest BCUT2D eigenvalue weighted by Gasteiger charge is 2.33. The molecule has 2 aromatic carbocycles. The predicted molar refractivity (Wildman–Crippen MR) is 84.3 cm³/mol. The Balaban J connectivity index is 2.28. The molecular formula is C16H14F2N2O3S. The van der Waals surface area contributed by atoms with E-state index in [4.69, 9.17) is 0 Å². The minimum Gasteiger partial charge on any atom is -0.305 e. The molecule has 0 saturated carbocycles. The number of sulfonamides is 1. The Bertz CT molecular complexity index is 929. The lowest BCUT2D eigenvalue weighted by atomic mass is 9.87. The zero-order chi connectivity index (χ0) is 17.5. The fourth-order valence-corrected chi connectivity index (χ4v) is 4.00. The van der Waals surface area contributed by atoms with Gasteiger partial charge in [0, 0.05) is 11.5 Å². The largest absolute Gasteiger partial charge is 0.333 e. The van der Waals surface area contributed by atoms with Crippen LogP contribution in [0.3, 0.4) is 0 Å². The number of urea groups is 1. The van der Waals surface area contributed by atoms with E-state index in [1.54, 1.807) is 17.7 Å². The van der Waals surface area contributed by atoms with Crippen LogP contribution in [-0.4, -0.2) is 14.4 Å². The molecule has 1 heterocycles. The summed E-state index contributed by atoms with van der Waals surface area (Å²) in [6.45, 7) is 1.73. The van der Waals surface area contributed by atoms with Gasteiger partial charge >= 0.3 is 6.03 Å². The van der Waals surface area contributed by atoms with Gasteiger partial charge in [0.2, 0.25) is 0 Å². The third kappa shape index (κ3) is 2.62. The topological polar surface area (TPSA) is 75.3 Å². The van der Waals surface area contributed by atoms with Crippen molar-refractivity contribution < 1.29 is 22.0 Å². The molecule has 0 aliphatic carbocycles. The van der Waals surface area contributed by atoms with E-state index >= 15 is 0 Å². The monoisotopic (exact) mass is 352 g/mol. The molecule has 1 unspecified atom stereocenters. The van der Waals surface area contributed by atoms with Gasteiger partial charge in [0.05, 0.1) is 5.69 Å². The summed E-state index contributed by atoms with van der Waals surface area (Å²) in [6.07, 6.45) is 0.317. The Morgan fingerprint density at radius 1 is 1.08 bits per heavy atom. The summed E-state index contributed by atoms with van der Waals surface area (Å²) in [7, 11) is -4.09. The molecule has 0 fully saturated rings. The van der Waals surface area contributed by atoms with Crippen LogP contribution in [0.1, 0.15) is 30.4 Å². The lowest BCUT2D eigenvalue weighted by Gasteiger charge is -2.26. The van der Waals surface area contributed by atoms with Gasteiger partial charge in [0.1, 0.15) is 16.5 Å². The van der Waals surface area contributed by atoms with Gasteiger partial charge in [-0.05, 0) is 30.2 Å². The number of carbonyl (C=O) groups excluding carboxylic acids is 1. The number of nitrogens with one attached hydrogen (secondary N) is 2. The van der Waals surface area contributed by atoms with Gasteiger partial charge < -0.3 is 5.32 Å². The third-order valence-electron chi connectivity index (χ3n) is 3.95. The first-order chi connectivity index (χ1) is 11.3. The molecule has 3 rings (SSSR count). The van der Waals surface area contributed by atoms with Crippen LogP contribution in [0.2, 0.25) is 0 Å². The van der Waals surface area contributed by atoms with Crippen LogP contribution in [0.25, 0.3) is 0 Å². The molecule has 1 aliphatic heterocycles. The second-order valence-corrected chi connectivity index (χ2v) is 7.03. The summed E-state index contributed by atoms with van der Waals surface area (Å²) < 4.78 is 54.7. The molecule has 2 amide bonds. The molecule has 0 saturated heterocycles. The molecule has 0 aromatic heterocycles. The Morgan fingerprint density at radius 2 is 1.79 bits per heavy atom. The van der Waals surface area contributed by atoms with Gasteiger partial charge in [0.15, 0.2) is 0 Å². The Morgan fingerprint density at radius 3 is 2.46 bits per heavy atom. The first-order valence-electron chi connectivity index (χ1n) is 7.25. The number of carbonyl (C=O) groups is 1. The standard InChI is InChI=1S/C16H14F2N2O3S/c1-2-9(10-5-3-4-6-11(10)17)14-12(18)7-8-13-15(14)19-16(21)20-24(13,22)23/h3-9H,2H2,1H3,(H2,19,20,21). The minimum atomic E-state index is -4.09. The maximum atomic E-state index is 14.5. The number of halogens is 2. The molecule has 1 atom stereocenters. The van der Waals surface area contributed by atoms with E-state index in [0.717, 1.165) is 12.1 Å². The molecule has 24 heavy (non-hydrogen) atoms. The van der Waals surface area contributed by atoms with Crippen LogP contribution in [0.15, 0.2) is 41.3 Å². The second-order valence-electron chi connectivity index (χ2n) is 5.38. The quantitative estimate of drug-likeness (QED) is 0.890. The highest BCUT2D eigenvalue weighted by atomic mass is 32.2. The van der Waals surface area contributed by atoms with Crippen LogP contribution in [-0.2, 0) is 10.0 Å². The fraction of sp³-hybridized carbons (Fsp3) is 0.188. The first kappa shape index (κ1) is 16.4. The second kappa shape index (κ2) is 5.86. The fourth-order valence-electron chi connectivity index (χ4n) is 2.92. The van der Waals surface area contributed by atoms with Gasteiger partial charge in [-0.3, -0.25) is 0 Å². The molecule has 0 radical (unpaired) electrons. The van der Waals surface area contributed by atoms with Crippen molar-refractivity contribution in [3.05, 3.63) is 59.2 Å². The molecule has 5 nitrogen and oxygen atoms in total. The summed E-state index contributed by atoms with van der Waals surface area (Å²) in [6, 6.07) is 7.00. The van der Waals surface area contributed by atoms with Crippen LogP contribution < -0.4 is 10.0 Å². The van der Waals surface area contributed by atoms with Crippen molar-refractivity contribution in [1.82, 2.24) is 4.72 Å². The number of amides is 2. The van der Waals surface area contributed by atoms with Crippen molar-refractivity contribution in [1.29, 1.82) is 0 Å². The maximum absolute atomic E-state index is 14.5. The molecule has 2 aromatic rings. The molecular weight excluding hydrogens is 338 g/mol. The van der Waals surface area contributed by atoms with E-state index in [9.17, 15) is 22.0 Å². The van der Waals surface area contributed by atoms with Crippen molar-refractivity contribution in [2.24, 2.45) is 0 Å². The highest BCUT2D eigenvalue weighted by Crippen LogP contribution is 2.40. The SMILES string of the molecule is CCC(c1ccccc1F)c1c(F)ccc2c1NC(=O)NS2(=O)=O. The van der Waals surface area contributed by atoms with Crippen molar-refractivity contribution in [2.45, 2.75) is 24.2 Å². The van der Waals surface area contributed by atoms with E-state index in [1.807, 2.05) is 0 Å². The summed E-state index contributed by atoms with van der Waals surface area (Å²) in [4.78, 5) is 11.4. The highest BCUT2D eigenvalue weighted by molar-refractivity contribution is 7.90. The van der Waals surface area contributed by atoms with E-state index in [-0.39, 0.29) is 21.7 Å². The van der Waals surface area contributed by atoms with Crippen LogP contribution in [0.4, 0.5) is 19.3 Å². The van der Waals surface area contributed by atoms with Crippen molar-refractivity contribution in [2.75, 3.05) is 5.32 Å². The van der Waals surface area contributed by atoms with Crippen LogP contribution in [0, 0.1) is 11.6 Å². The van der Waals surface area contributed by atoms with Crippen LogP contribution >= 0.6 is 0 Å². The van der Waals surface area contributed by atoms with E-state index in [2.05, 4.69) is 5.32 Å². The van der Waals surface area contributed by atoms with Gasteiger partial charge in [0.25, 0.3) is 10.0 Å². The molecule has 1 aliphatic rings. The maximum Gasteiger partial charge on any atom is 0.333 e. The van der Waals surface area contributed by atoms with Gasteiger partial charge in [-0.2, -0.15) is 0 Å². The Labute approximate surface area is 137 Å². The summed E-state index contributed by atoms with van der Waals surface area (Å²) in [5, 5.41) is 2.34. The summed E-state index contributed by atoms with van der Waals surface area (Å²) >= 11 is 0. The number of benzene rings is 2. The normalized spacial score (nSPS) is 16.7. The van der Waals surface area contributed by atoms with Gasteiger partial charge in [-0.25, -0.2) is 26.7 Å². The number of hydrogen-bond donors (Lipinski definition) is 2. The molecule has 0 bridgehead atoms. The van der Waals surface area contributed by atoms with Crippen LogP contribution in [0.5, 0.6) is 0 Å². The van der Waals surface area contributed by atoms with Crippen molar-refractivity contribution in [3.63, 3.8) is 0 Å². The zero-order valence-electron chi connectivity index (χ0n) is 12.6. The van der Waals surface area contributed by atoms with Crippen molar-refractivity contribution >= 4 is 21.7 Å². The molecule has 126 valence electrons. The summed E-state index contributed by atoms with van der Waals surface area (Å²) in [5.41, 5.74) is 0.0462. The Hall–Kier alpha value is -2.48. The molecule has 8 heteroatoms.